The van der Waals surface area contributed by atoms with Gasteiger partial charge in [0.1, 0.15) is 11.5 Å². The van der Waals surface area contributed by atoms with Gasteiger partial charge in [0.15, 0.2) is 0 Å². The SMILES string of the molecule is Cc1ccoc1CNCC(c1ccco1)N1CCCC1. The van der Waals surface area contributed by atoms with Crippen molar-refractivity contribution in [2.24, 2.45) is 0 Å². The summed E-state index contributed by atoms with van der Waals surface area (Å²) in [7, 11) is 0. The summed E-state index contributed by atoms with van der Waals surface area (Å²) in [6.07, 6.45) is 6.08. The standard InChI is InChI=1S/C16H22N2O2/c1-13-6-10-20-16(13)12-17-11-14(15-5-4-9-19-15)18-7-2-3-8-18/h4-6,9-10,14,17H,2-3,7-8,11-12H2,1H3. The van der Waals surface area contributed by atoms with E-state index >= 15 is 0 Å². The van der Waals surface area contributed by atoms with Crippen molar-refractivity contribution in [3.63, 3.8) is 0 Å². The zero-order chi connectivity index (χ0) is 13.8. The van der Waals surface area contributed by atoms with Gasteiger partial charge in [0, 0.05) is 6.54 Å². The summed E-state index contributed by atoms with van der Waals surface area (Å²) in [5.74, 6) is 2.07. The van der Waals surface area contributed by atoms with Gasteiger partial charge in [0.25, 0.3) is 0 Å². The van der Waals surface area contributed by atoms with Crippen molar-refractivity contribution in [3.8, 4) is 0 Å². The number of hydrogen-bond donors (Lipinski definition) is 1. The van der Waals surface area contributed by atoms with Crippen LogP contribution in [0.4, 0.5) is 0 Å². The van der Waals surface area contributed by atoms with Crippen LogP contribution in [0.3, 0.4) is 0 Å². The third-order valence-corrected chi connectivity index (χ3v) is 4.04. The second kappa shape index (κ2) is 6.29. The lowest BCUT2D eigenvalue weighted by molar-refractivity contribution is 0.208. The fourth-order valence-electron chi connectivity index (χ4n) is 2.85. The zero-order valence-corrected chi connectivity index (χ0v) is 12.0. The van der Waals surface area contributed by atoms with Crippen LogP contribution in [-0.4, -0.2) is 24.5 Å². The lowest BCUT2D eigenvalue weighted by Gasteiger charge is -2.26. The van der Waals surface area contributed by atoms with E-state index in [9.17, 15) is 0 Å². The maximum Gasteiger partial charge on any atom is 0.122 e. The van der Waals surface area contributed by atoms with E-state index in [1.165, 1.54) is 18.4 Å². The Balaban J connectivity index is 1.60. The molecule has 1 aliphatic rings. The lowest BCUT2D eigenvalue weighted by Crippen LogP contribution is -2.33. The molecule has 108 valence electrons. The molecule has 2 aromatic rings. The molecule has 3 heterocycles. The fourth-order valence-corrected chi connectivity index (χ4v) is 2.85. The first-order valence-corrected chi connectivity index (χ1v) is 7.36. The van der Waals surface area contributed by atoms with Crippen LogP contribution in [0.25, 0.3) is 0 Å². The van der Waals surface area contributed by atoms with Gasteiger partial charge in [-0.25, -0.2) is 0 Å². The van der Waals surface area contributed by atoms with E-state index in [1.807, 2.05) is 12.1 Å². The Bertz CT molecular complexity index is 512. The maximum atomic E-state index is 5.61. The molecule has 1 unspecified atom stereocenters. The normalized spacial score (nSPS) is 17.6. The molecule has 1 saturated heterocycles. The van der Waals surface area contributed by atoms with Crippen molar-refractivity contribution < 1.29 is 8.83 Å². The molecule has 0 radical (unpaired) electrons. The van der Waals surface area contributed by atoms with Gasteiger partial charge in [0.05, 0.1) is 25.1 Å². The Kier molecular flexibility index (Phi) is 4.23. The van der Waals surface area contributed by atoms with Crippen LogP contribution >= 0.6 is 0 Å². The quantitative estimate of drug-likeness (QED) is 0.879. The minimum atomic E-state index is 0.322. The van der Waals surface area contributed by atoms with Crippen molar-refractivity contribution in [2.75, 3.05) is 19.6 Å². The molecule has 0 aromatic carbocycles. The van der Waals surface area contributed by atoms with E-state index < -0.39 is 0 Å². The van der Waals surface area contributed by atoms with Gasteiger partial charge >= 0.3 is 0 Å². The van der Waals surface area contributed by atoms with Gasteiger partial charge in [-0.05, 0) is 56.6 Å². The van der Waals surface area contributed by atoms with Crippen LogP contribution in [0.1, 0.15) is 36.0 Å². The molecular formula is C16H22N2O2. The highest BCUT2D eigenvalue weighted by Crippen LogP contribution is 2.25. The van der Waals surface area contributed by atoms with Gasteiger partial charge in [-0.15, -0.1) is 0 Å². The molecule has 2 aromatic heterocycles. The molecule has 4 nitrogen and oxygen atoms in total. The fraction of sp³-hybridized carbons (Fsp3) is 0.500. The Morgan fingerprint density at radius 2 is 2.05 bits per heavy atom. The highest BCUT2D eigenvalue weighted by Gasteiger charge is 2.25. The van der Waals surface area contributed by atoms with Crippen molar-refractivity contribution in [2.45, 2.75) is 32.4 Å². The molecule has 0 aliphatic carbocycles. The highest BCUT2D eigenvalue weighted by molar-refractivity contribution is 5.14. The molecule has 0 spiro atoms. The monoisotopic (exact) mass is 274 g/mol. The number of aryl methyl sites for hydroxylation is 1. The first-order chi connectivity index (χ1) is 9.84. The van der Waals surface area contributed by atoms with Gasteiger partial charge in [-0.2, -0.15) is 0 Å². The summed E-state index contributed by atoms with van der Waals surface area (Å²) in [4.78, 5) is 2.50. The Morgan fingerprint density at radius 3 is 2.70 bits per heavy atom. The average molecular weight is 274 g/mol. The van der Waals surface area contributed by atoms with Crippen LogP contribution in [0.5, 0.6) is 0 Å². The number of rotatable bonds is 6. The molecule has 0 saturated carbocycles. The van der Waals surface area contributed by atoms with Crippen LogP contribution < -0.4 is 5.32 Å². The number of hydrogen-bond acceptors (Lipinski definition) is 4. The van der Waals surface area contributed by atoms with E-state index in [4.69, 9.17) is 8.83 Å². The molecule has 1 aliphatic heterocycles. The number of furan rings is 2. The summed E-state index contributed by atoms with van der Waals surface area (Å²) in [6, 6.07) is 6.36. The smallest absolute Gasteiger partial charge is 0.122 e. The Hall–Kier alpha value is -1.52. The first-order valence-electron chi connectivity index (χ1n) is 7.36. The molecule has 1 N–H and O–H groups in total. The minimum Gasteiger partial charge on any atom is -0.468 e. The van der Waals surface area contributed by atoms with E-state index in [-0.39, 0.29) is 0 Å². The largest absolute Gasteiger partial charge is 0.468 e. The van der Waals surface area contributed by atoms with E-state index in [0.29, 0.717) is 6.04 Å². The summed E-state index contributed by atoms with van der Waals surface area (Å²) in [6.45, 7) is 6.04. The second-order valence-corrected chi connectivity index (χ2v) is 5.43. The van der Waals surface area contributed by atoms with Gasteiger partial charge < -0.3 is 14.2 Å². The van der Waals surface area contributed by atoms with Crippen LogP contribution in [0, 0.1) is 6.92 Å². The number of nitrogens with one attached hydrogen (secondary N) is 1. The van der Waals surface area contributed by atoms with Crippen molar-refractivity contribution in [1.29, 1.82) is 0 Å². The Labute approximate surface area is 119 Å². The molecule has 0 bridgehead atoms. The molecule has 1 atom stereocenters. The molecular weight excluding hydrogens is 252 g/mol. The lowest BCUT2D eigenvalue weighted by atomic mass is 10.2. The Morgan fingerprint density at radius 1 is 1.20 bits per heavy atom. The number of nitrogens with zero attached hydrogens (tertiary/aromatic N) is 1. The van der Waals surface area contributed by atoms with Crippen LogP contribution in [0.15, 0.2) is 39.6 Å². The topological polar surface area (TPSA) is 41.6 Å². The van der Waals surface area contributed by atoms with E-state index in [2.05, 4.69) is 23.2 Å². The molecule has 1 fully saturated rings. The summed E-state index contributed by atoms with van der Waals surface area (Å²) in [5, 5.41) is 3.50. The minimum absolute atomic E-state index is 0.322. The summed E-state index contributed by atoms with van der Waals surface area (Å²) in [5.41, 5.74) is 1.20. The second-order valence-electron chi connectivity index (χ2n) is 5.43. The molecule has 20 heavy (non-hydrogen) atoms. The predicted molar refractivity (Wildman–Crippen MR) is 77.4 cm³/mol. The van der Waals surface area contributed by atoms with Crippen LogP contribution in [0.2, 0.25) is 0 Å². The summed E-state index contributed by atoms with van der Waals surface area (Å²) >= 11 is 0. The molecule has 3 rings (SSSR count). The third kappa shape index (κ3) is 2.97. The van der Waals surface area contributed by atoms with E-state index in [0.717, 1.165) is 37.7 Å². The first kappa shape index (κ1) is 13.5. The zero-order valence-electron chi connectivity index (χ0n) is 12.0. The van der Waals surface area contributed by atoms with Crippen molar-refractivity contribution in [1.82, 2.24) is 10.2 Å². The summed E-state index contributed by atoms with van der Waals surface area (Å²) < 4.78 is 11.1. The van der Waals surface area contributed by atoms with Crippen LogP contribution in [-0.2, 0) is 6.54 Å². The van der Waals surface area contributed by atoms with Crippen molar-refractivity contribution in [3.05, 3.63) is 47.8 Å². The maximum absolute atomic E-state index is 5.61. The van der Waals surface area contributed by atoms with Crippen molar-refractivity contribution >= 4 is 0 Å². The molecule has 4 heteroatoms. The third-order valence-electron chi connectivity index (χ3n) is 4.04. The predicted octanol–water partition coefficient (Wildman–Crippen LogP) is 3.11. The molecule has 0 amide bonds. The van der Waals surface area contributed by atoms with Gasteiger partial charge in [-0.3, -0.25) is 4.90 Å². The van der Waals surface area contributed by atoms with E-state index in [1.54, 1.807) is 12.5 Å². The average Bonchev–Trinajstić information content (AvgIpc) is 3.18. The highest BCUT2D eigenvalue weighted by atomic mass is 16.3. The van der Waals surface area contributed by atoms with Gasteiger partial charge in [0.2, 0.25) is 0 Å². The number of likely N-dealkylation sites (tertiary alicyclic amines) is 1. The van der Waals surface area contributed by atoms with Gasteiger partial charge in [-0.1, -0.05) is 0 Å².